The van der Waals surface area contributed by atoms with Crippen LogP contribution in [0.4, 0.5) is 0 Å². The highest BCUT2D eigenvalue weighted by molar-refractivity contribution is 8.78. The standard InChI is InChI=1S/C16H20S2/c1-11-5-7-15(13(3)9-11)17-18-16-8-6-12(2)10-14(16)4/h5-9,14H,10H2,1-4H3. The Balaban J connectivity index is 2.03. The van der Waals surface area contributed by atoms with Crippen LogP contribution in [0.5, 0.6) is 0 Å². The highest BCUT2D eigenvalue weighted by Gasteiger charge is 2.14. The normalized spacial score (nSPS) is 19.4. The maximum absolute atomic E-state index is 2.32. The molecule has 0 radical (unpaired) electrons. The molecule has 18 heavy (non-hydrogen) atoms. The van der Waals surface area contributed by atoms with E-state index in [9.17, 15) is 0 Å². The van der Waals surface area contributed by atoms with Crippen LogP contribution in [0.1, 0.15) is 31.4 Å². The lowest BCUT2D eigenvalue weighted by Gasteiger charge is -2.19. The summed E-state index contributed by atoms with van der Waals surface area (Å²) in [6.07, 6.45) is 5.74. The maximum Gasteiger partial charge on any atom is 0.0215 e. The molecule has 0 spiro atoms. The lowest BCUT2D eigenvalue weighted by Crippen LogP contribution is -2.00. The van der Waals surface area contributed by atoms with Crippen molar-refractivity contribution < 1.29 is 0 Å². The van der Waals surface area contributed by atoms with E-state index in [0.29, 0.717) is 5.92 Å². The first-order valence-electron chi connectivity index (χ1n) is 6.35. The van der Waals surface area contributed by atoms with Crippen LogP contribution in [0, 0.1) is 19.8 Å². The molecule has 1 aliphatic rings. The number of hydrogen-bond acceptors (Lipinski definition) is 2. The number of allylic oxidation sites excluding steroid dienone is 4. The highest BCUT2D eigenvalue weighted by Crippen LogP contribution is 2.43. The van der Waals surface area contributed by atoms with Gasteiger partial charge >= 0.3 is 0 Å². The van der Waals surface area contributed by atoms with E-state index in [2.05, 4.69) is 58.0 Å². The lowest BCUT2D eigenvalue weighted by atomic mass is 9.97. The fourth-order valence-electron chi connectivity index (χ4n) is 2.14. The first-order valence-corrected chi connectivity index (χ1v) is 8.50. The molecule has 0 saturated heterocycles. The summed E-state index contributed by atoms with van der Waals surface area (Å²) in [4.78, 5) is 2.87. The van der Waals surface area contributed by atoms with Crippen molar-refractivity contribution in [2.45, 2.75) is 39.0 Å². The summed E-state index contributed by atoms with van der Waals surface area (Å²) in [6, 6.07) is 6.68. The second kappa shape index (κ2) is 6.03. The van der Waals surface area contributed by atoms with Gasteiger partial charge in [0.1, 0.15) is 0 Å². The van der Waals surface area contributed by atoms with Crippen molar-refractivity contribution >= 4 is 21.6 Å². The van der Waals surface area contributed by atoms with Gasteiger partial charge in [-0.15, -0.1) is 0 Å². The molecule has 0 N–H and O–H groups in total. The number of benzene rings is 1. The molecule has 0 nitrogen and oxygen atoms in total. The third kappa shape index (κ3) is 3.46. The Hall–Kier alpha value is -0.600. The first kappa shape index (κ1) is 13.8. The Kier molecular flexibility index (Phi) is 4.63. The zero-order valence-electron chi connectivity index (χ0n) is 11.5. The molecule has 0 aromatic heterocycles. The summed E-state index contributed by atoms with van der Waals surface area (Å²) >= 11 is 0. The summed E-state index contributed by atoms with van der Waals surface area (Å²) in [5, 5.41) is 0. The van der Waals surface area contributed by atoms with Crippen LogP contribution in [0.2, 0.25) is 0 Å². The Morgan fingerprint density at radius 1 is 1.06 bits per heavy atom. The van der Waals surface area contributed by atoms with Gasteiger partial charge in [-0.3, -0.25) is 0 Å². The van der Waals surface area contributed by atoms with E-state index in [1.807, 2.05) is 21.6 Å². The van der Waals surface area contributed by atoms with Crippen LogP contribution in [0.25, 0.3) is 0 Å². The van der Waals surface area contributed by atoms with Crippen molar-refractivity contribution in [3.63, 3.8) is 0 Å². The van der Waals surface area contributed by atoms with Crippen molar-refractivity contribution in [2.75, 3.05) is 0 Å². The molecule has 2 rings (SSSR count). The average Bonchev–Trinajstić information content (AvgIpc) is 2.30. The van der Waals surface area contributed by atoms with Crippen LogP contribution in [-0.4, -0.2) is 0 Å². The van der Waals surface area contributed by atoms with Gasteiger partial charge in [-0.2, -0.15) is 0 Å². The minimum Gasteiger partial charge on any atom is -0.0727 e. The van der Waals surface area contributed by atoms with Crippen LogP contribution < -0.4 is 0 Å². The summed E-state index contributed by atoms with van der Waals surface area (Å²) in [6.45, 7) is 8.87. The molecule has 0 bridgehead atoms. The van der Waals surface area contributed by atoms with Crippen molar-refractivity contribution in [3.8, 4) is 0 Å². The minimum absolute atomic E-state index is 0.665. The second-order valence-electron chi connectivity index (χ2n) is 5.12. The molecule has 0 heterocycles. The molecule has 1 unspecified atom stereocenters. The SMILES string of the molecule is CC1=CC=C(SSc2ccc(C)cc2C)C(C)C1. The van der Waals surface area contributed by atoms with Crippen molar-refractivity contribution in [1.82, 2.24) is 0 Å². The molecule has 2 heteroatoms. The number of rotatable bonds is 3. The molecule has 96 valence electrons. The average molecular weight is 276 g/mol. The molecule has 0 saturated carbocycles. The molecule has 0 aliphatic heterocycles. The lowest BCUT2D eigenvalue weighted by molar-refractivity contribution is 0.697. The van der Waals surface area contributed by atoms with Gasteiger partial charge in [0.2, 0.25) is 0 Å². The van der Waals surface area contributed by atoms with Gasteiger partial charge in [0.25, 0.3) is 0 Å². The minimum atomic E-state index is 0.665. The van der Waals surface area contributed by atoms with E-state index in [1.54, 1.807) is 0 Å². The van der Waals surface area contributed by atoms with Gasteiger partial charge in [-0.05, 0) is 49.6 Å². The van der Waals surface area contributed by atoms with Crippen LogP contribution in [0.15, 0.2) is 45.7 Å². The quantitative estimate of drug-likeness (QED) is 0.629. The molecule has 1 atom stereocenters. The summed E-state index contributed by atoms with van der Waals surface area (Å²) < 4.78 is 0. The topological polar surface area (TPSA) is 0 Å². The van der Waals surface area contributed by atoms with E-state index < -0.39 is 0 Å². The van der Waals surface area contributed by atoms with E-state index >= 15 is 0 Å². The number of aryl methyl sites for hydroxylation is 2. The van der Waals surface area contributed by atoms with Crippen LogP contribution in [0.3, 0.4) is 0 Å². The van der Waals surface area contributed by atoms with E-state index in [0.717, 1.165) is 0 Å². The number of hydrogen-bond donors (Lipinski definition) is 0. The fraction of sp³-hybridized carbons (Fsp3) is 0.375. The molecule has 1 aliphatic carbocycles. The van der Waals surface area contributed by atoms with Crippen molar-refractivity contribution in [1.29, 1.82) is 0 Å². The molecular weight excluding hydrogens is 256 g/mol. The summed E-state index contributed by atoms with van der Waals surface area (Å²) in [5.74, 6) is 0.665. The first-order chi connectivity index (χ1) is 8.56. The van der Waals surface area contributed by atoms with Gasteiger partial charge in [-0.25, -0.2) is 0 Å². The molecule has 0 amide bonds. The molecule has 0 fully saturated rings. The monoisotopic (exact) mass is 276 g/mol. The van der Waals surface area contributed by atoms with Crippen LogP contribution in [-0.2, 0) is 0 Å². The molecule has 1 aromatic carbocycles. The third-order valence-corrected chi connectivity index (χ3v) is 6.02. The molecular formula is C16H20S2. The van der Waals surface area contributed by atoms with Gasteiger partial charge in [0.15, 0.2) is 0 Å². The van der Waals surface area contributed by atoms with Gasteiger partial charge in [0, 0.05) is 4.90 Å². The van der Waals surface area contributed by atoms with Gasteiger partial charge in [0.05, 0.1) is 0 Å². The Bertz CT molecular complexity index is 498. The van der Waals surface area contributed by atoms with Crippen molar-refractivity contribution in [2.24, 2.45) is 5.92 Å². The largest absolute Gasteiger partial charge is 0.0727 e. The second-order valence-corrected chi connectivity index (χ2v) is 7.37. The fourth-order valence-corrected chi connectivity index (χ4v) is 4.79. The zero-order valence-corrected chi connectivity index (χ0v) is 13.1. The molecule has 1 aromatic rings. The smallest absolute Gasteiger partial charge is 0.0215 e. The third-order valence-electron chi connectivity index (χ3n) is 3.20. The Morgan fingerprint density at radius 2 is 1.83 bits per heavy atom. The predicted molar refractivity (Wildman–Crippen MR) is 85.0 cm³/mol. The van der Waals surface area contributed by atoms with Gasteiger partial charge < -0.3 is 0 Å². The van der Waals surface area contributed by atoms with E-state index in [4.69, 9.17) is 0 Å². The Labute approximate surface area is 118 Å². The zero-order chi connectivity index (χ0) is 13.1. The maximum atomic E-state index is 2.32. The predicted octanol–water partition coefficient (Wildman–Crippen LogP) is 5.91. The highest BCUT2D eigenvalue weighted by atomic mass is 33.1. The van der Waals surface area contributed by atoms with Crippen LogP contribution >= 0.6 is 21.6 Å². The van der Waals surface area contributed by atoms with E-state index in [1.165, 1.54) is 32.9 Å². The van der Waals surface area contributed by atoms with Gasteiger partial charge in [-0.1, -0.05) is 63.9 Å². The summed E-state index contributed by atoms with van der Waals surface area (Å²) in [5.41, 5.74) is 4.21. The van der Waals surface area contributed by atoms with E-state index in [-0.39, 0.29) is 0 Å². The Morgan fingerprint density at radius 3 is 2.50 bits per heavy atom. The summed E-state index contributed by atoms with van der Waals surface area (Å²) in [7, 11) is 3.80. The van der Waals surface area contributed by atoms with Crippen molar-refractivity contribution in [3.05, 3.63) is 52.0 Å².